The minimum atomic E-state index is -5.91. The Morgan fingerprint density at radius 1 is 1.06 bits per heavy atom. The van der Waals surface area contributed by atoms with Crippen LogP contribution in [0, 0.1) is 0 Å². The van der Waals surface area contributed by atoms with Crippen LogP contribution in [0.5, 0.6) is 0 Å². The lowest BCUT2D eigenvalue weighted by Crippen LogP contribution is -2.38. The predicted octanol–water partition coefficient (Wildman–Crippen LogP) is 4.33. The van der Waals surface area contributed by atoms with Crippen molar-refractivity contribution in [1.29, 1.82) is 0 Å². The van der Waals surface area contributed by atoms with E-state index in [-0.39, 0.29) is 0 Å². The van der Waals surface area contributed by atoms with E-state index in [1.54, 1.807) is 0 Å². The van der Waals surface area contributed by atoms with Gasteiger partial charge in [-0.1, -0.05) is 19.3 Å². The van der Waals surface area contributed by atoms with Gasteiger partial charge in [0, 0.05) is 6.66 Å². The van der Waals surface area contributed by atoms with E-state index in [4.69, 9.17) is 4.52 Å². The van der Waals surface area contributed by atoms with Crippen LogP contribution in [0.15, 0.2) is 0 Å². The van der Waals surface area contributed by atoms with Crippen LogP contribution in [0.2, 0.25) is 0 Å². The Balaban J connectivity index is 2.61. The highest BCUT2D eigenvalue weighted by atomic mass is 31.2. The van der Waals surface area contributed by atoms with E-state index in [1.807, 2.05) is 0 Å². The van der Waals surface area contributed by atoms with Gasteiger partial charge in [0.2, 0.25) is 0 Å². The summed E-state index contributed by atoms with van der Waals surface area (Å²) >= 11 is 0. The van der Waals surface area contributed by atoms with Gasteiger partial charge in [0.05, 0.1) is 6.10 Å². The summed E-state index contributed by atoms with van der Waals surface area (Å²) in [6.07, 6.45) is -8.52. The molecule has 0 bridgehead atoms. The fourth-order valence-electron chi connectivity index (χ4n) is 1.72. The normalized spacial score (nSPS) is 22.8. The Hall–Kier alpha value is -0.200. The minimum absolute atomic E-state index is 0.485. The first-order valence-corrected chi connectivity index (χ1v) is 7.44. The van der Waals surface area contributed by atoms with Crippen LogP contribution in [0.4, 0.5) is 22.0 Å². The molecule has 0 aromatic heterocycles. The standard InChI is InChI=1S/C9H14F5O3P/c1-18(15,16-7-5-3-2-4-6-7)17-9(13,14)8(10,11)12/h7H,2-6H2,1H3. The highest BCUT2D eigenvalue weighted by Gasteiger charge is 2.62. The van der Waals surface area contributed by atoms with Crippen molar-refractivity contribution in [1.82, 2.24) is 0 Å². The second kappa shape index (κ2) is 5.43. The van der Waals surface area contributed by atoms with E-state index in [2.05, 4.69) is 4.52 Å². The van der Waals surface area contributed by atoms with Crippen molar-refractivity contribution in [2.75, 3.05) is 6.66 Å². The monoisotopic (exact) mass is 296 g/mol. The van der Waals surface area contributed by atoms with Gasteiger partial charge < -0.3 is 4.52 Å². The lowest BCUT2D eigenvalue weighted by atomic mass is 9.98. The third-order valence-corrected chi connectivity index (χ3v) is 3.75. The van der Waals surface area contributed by atoms with Gasteiger partial charge in [-0.2, -0.15) is 22.0 Å². The van der Waals surface area contributed by atoms with E-state index in [1.165, 1.54) is 0 Å². The first-order valence-electron chi connectivity index (χ1n) is 5.45. The van der Waals surface area contributed by atoms with Gasteiger partial charge in [0.25, 0.3) is 0 Å². The lowest BCUT2D eigenvalue weighted by Gasteiger charge is -2.28. The first-order chi connectivity index (χ1) is 8.04. The summed E-state index contributed by atoms with van der Waals surface area (Å²) in [5, 5.41) is 0. The van der Waals surface area contributed by atoms with Gasteiger partial charge in [-0.15, -0.1) is 0 Å². The van der Waals surface area contributed by atoms with E-state index in [0.717, 1.165) is 19.3 Å². The molecule has 0 N–H and O–H groups in total. The van der Waals surface area contributed by atoms with E-state index < -0.39 is 26.0 Å². The summed E-state index contributed by atoms with van der Waals surface area (Å²) in [5.74, 6) is 0. The molecule has 0 aromatic rings. The third-order valence-electron chi connectivity index (χ3n) is 2.50. The smallest absolute Gasteiger partial charge is 0.305 e. The number of hydrogen-bond donors (Lipinski definition) is 0. The van der Waals surface area contributed by atoms with Crippen LogP contribution >= 0.6 is 7.60 Å². The molecular formula is C9H14F5O3P. The van der Waals surface area contributed by atoms with E-state index in [0.29, 0.717) is 19.5 Å². The summed E-state index contributed by atoms with van der Waals surface area (Å²) in [4.78, 5) is 0. The molecule has 3 nitrogen and oxygen atoms in total. The highest BCUT2D eigenvalue weighted by molar-refractivity contribution is 7.53. The molecule has 108 valence electrons. The van der Waals surface area contributed by atoms with Gasteiger partial charge in [-0.05, 0) is 12.8 Å². The molecule has 0 heterocycles. The lowest BCUT2D eigenvalue weighted by molar-refractivity contribution is -0.363. The van der Waals surface area contributed by atoms with Crippen molar-refractivity contribution < 1.29 is 35.6 Å². The van der Waals surface area contributed by atoms with Crippen molar-refractivity contribution in [3.8, 4) is 0 Å². The van der Waals surface area contributed by atoms with E-state index in [9.17, 15) is 26.5 Å². The molecule has 1 atom stereocenters. The topological polar surface area (TPSA) is 35.5 Å². The van der Waals surface area contributed by atoms with Gasteiger partial charge in [0.15, 0.2) is 0 Å². The van der Waals surface area contributed by atoms with Crippen molar-refractivity contribution in [3.05, 3.63) is 0 Å². The molecule has 0 aromatic carbocycles. The van der Waals surface area contributed by atoms with Gasteiger partial charge in [-0.25, -0.2) is 4.52 Å². The number of hydrogen-bond acceptors (Lipinski definition) is 3. The fraction of sp³-hybridized carbons (Fsp3) is 1.00. The Kier molecular flexibility index (Phi) is 4.78. The minimum Gasteiger partial charge on any atom is -0.305 e. The Bertz CT molecular complexity index is 325. The molecule has 0 radical (unpaired) electrons. The van der Waals surface area contributed by atoms with Crippen LogP contribution in [-0.2, 0) is 13.6 Å². The molecule has 1 aliphatic rings. The van der Waals surface area contributed by atoms with Crippen LogP contribution in [0.3, 0.4) is 0 Å². The maximum absolute atomic E-state index is 12.6. The van der Waals surface area contributed by atoms with Crippen LogP contribution in [-0.4, -0.2) is 25.1 Å². The zero-order chi connectivity index (χ0) is 14.0. The zero-order valence-electron chi connectivity index (χ0n) is 9.67. The maximum atomic E-state index is 12.6. The first kappa shape index (κ1) is 15.9. The number of halogens is 5. The molecule has 0 aliphatic heterocycles. The van der Waals surface area contributed by atoms with Crippen LogP contribution < -0.4 is 0 Å². The fourth-order valence-corrected chi connectivity index (χ4v) is 3.04. The average molecular weight is 296 g/mol. The second-order valence-electron chi connectivity index (χ2n) is 4.24. The van der Waals surface area contributed by atoms with Gasteiger partial charge in [-0.3, -0.25) is 4.57 Å². The second-order valence-corrected chi connectivity index (χ2v) is 6.18. The summed E-state index contributed by atoms with van der Waals surface area (Å²) in [5.41, 5.74) is 0. The molecule has 18 heavy (non-hydrogen) atoms. The molecule has 1 aliphatic carbocycles. The molecule has 1 rings (SSSR count). The predicted molar refractivity (Wildman–Crippen MR) is 53.6 cm³/mol. The van der Waals surface area contributed by atoms with Crippen LogP contribution in [0.25, 0.3) is 0 Å². The van der Waals surface area contributed by atoms with Crippen molar-refractivity contribution in [3.63, 3.8) is 0 Å². The SMILES string of the molecule is CP(=O)(OC1CCCCC1)OC(F)(F)C(F)(F)F. The molecule has 0 saturated heterocycles. The van der Waals surface area contributed by atoms with Crippen LogP contribution in [0.1, 0.15) is 32.1 Å². The highest BCUT2D eigenvalue weighted by Crippen LogP contribution is 2.54. The third kappa shape index (κ3) is 4.48. The summed E-state index contributed by atoms with van der Waals surface area (Å²) in [6.45, 7) is 0.626. The summed E-state index contributed by atoms with van der Waals surface area (Å²) < 4.78 is 80.5. The molecule has 0 spiro atoms. The molecule has 1 fully saturated rings. The Labute approximate surface area is 101 Å². The zero-order valence-corrected chi connectivity index (χ0v) is 10.6. The average Bonchev–Trinajstić information content (AvgIpc) is 2.14. The number of rotatable bonds is 4. The molecule has 1 unspecified atom stereocenters. The quantitative estimate of drug-likeness (QED) is 0.572. The summed E-state index contributed by atoms with van der Waals surface area (Å²) in [6, 6.07) is 0. The van der Waals surface area contributed by atoms with Crippen molar-refractivity contribution in [2.45, 2.75) is 50.5 Å². The Morgan fingerprint density at radius 2 is 1.56 bits per heavy atom. The number of alkyl halides is 5. The van der Waals surface area contributed by atoms with Gasteiger partial charge in [0.1, 0.15) is 0 Å². The maximum Gasteiger partial charge on any atom is 0.483 e. The largest absolute Gasteiger partial charge is 0.483 e. The Morgan fingerprint density at radius 3 is 2.00 bits per heavy atom. The van der Waals surface area contributed by atoms with Gasteiger partial charge >= 0.3 is 19.9 Å². The van der Waals surface area contributed by atoms with E-state index >= 15 is 0 Å². The molecular weight excluding hydrogens is 282 g/mol. The molecule has 0 amide bonds. The molecule has 1 saturated carbocycles. The van der Waals surface area contributed by atoms with Crippen molar-refractivity contribution in [2.24, 2.45) is 0 Å². The molecule has 9 heteroatoms. The summed E-state index contributed by atoms with van der Waals surface area (Å²) in [7, 11) is -4.45. The van der Waals surface area contributed by atoms with Crippen molar-refractivity contribution >= 4 is 7.60 Å².